The molecule has 0 saturated carbocycles. The Balaban J connectivity index is 2.08. The minimum atomic E-state index is 0.589. The minimum Gasteiger partial charge on any atom is -0.497 e. The van der Waals surface area contributed by atoms with Crippen molar-refractivity contribution in [1.29, 1.82) is 0 Å². The molecule has 0 heterocycles. The van der Waals surface area contributed by atoms with Gasteiger partial charge < -0.3 is 15.4 Å². The molecule has 0 spiro atoms. The summed E-state index contributed by atoms with van der Waals surface area (Å²) in [5.74, 6) is 0.878. The molecule has 0 saturated heterocycles. The Labute approximate surface area is 114 Å². The van der Waals surface area contributed by atoms with Crippen LogP contribution in [-0.4, -0.2) is 14.2 Å². The maximum absolute atomic E-state index is 5.60. The number of hydrogen-bond acceptors (Lipinski definition) is 3. The number of methoxy groups -OCH3 is 1. The molecule has 0 atom stereocenters. The molecule has 0 bridgehead atoms. The van der Waals surface area contributed by atoms with Gasteiger partial charge in [0, 0.05) is 31.9 Å². The van der Waals surface area contributed by atoms with Crippen LogP contribution in [0.2, 0.25) is 0 Å². The molecule has 0 unspecified atom stereocenters. The Morgan fingerprint density at radius 2 is 1.74 bits per heavy atom. The van der Waals surface area contributed by atoms with Gasteiger partial charge in [0.15, 0.2) is 0 Å². The molecule has 19 heavy (non-hydrogen) atoms. The van der Waals surface area contributed by atoms with Crippen LogP contribution in [0.4, 0.5) is 5.69 Å². The van der Waals surface area contributed by atoms with Crippen molar-refractivity contribution in [3.63, 3.8) is 0 Å². The van der Waals surface area contributed by atoms with Gasteiger partial charge in [0.2, 0.25) is 0 Å². The third-order valence-corrected chi connectivity index (χ3v) is 3.17. The quantitative estimate of drug-likeness (QED) is 0.894. The lowest BCUT2D eigenvalue weighted by molar-refractivity contribution is 0.415. The molecule has 0 aromatic heterocycles. The van der Waals surface area contributed by atoms with Crippen LogP contribution < -0.4 is 15.4 Å². The van der Waals surface area contributed by atoms with E-state index < -0.39 is 0 Å². The molecule has 2 aromatic carbocycles. The minimum absolute atomic E-state index is 0.589. The highest BCUT2D eigenvalue weighted by molar-refractivity contribution is 5.50. The van der Waals surface area contributed by atoms with Gasteiger partial charge in [0.1, 0.15) is 5.75 Å². The molecule has 3 nitrogen and oxygen atoms in total. The Kier molecular flexibility index (Phi) is 4.42. The average molecular weight is 256 g/mol. The van der Waals surface area contributed by atoms with E-state index in [1.807, 2.05) is 18.2 Å². The van der Waals surface area contributed by atoms with E-state index in [0.29, 0.717) is 6.54 Å². The summed E-state index contributed by atoms with van der Waals surface area (Å²) in [5, 5.41) is 0. The van der Waals surface area contributed by atoms with Gasteiger partial charge in [0.05, 0.1) is 7.11 Å². The summed E-state index contributed by atoms with van der Waals surface area (Å²) < 4.78 is 5.24. The van der Waals surface area contributed by atoms with E-state index in [1.165, 1.54) is 5.56 Å². The molecule has 3 heteroatoms. The molecule has 0 aliphatic carbocycles. The summed E-state index contributed by atoms with van der Waals surface area (Å²) in [6, 6.07) is 16.5. The third-order valence-electron chi connectivity index (χ3n) is 3.17. The molecule has 0 fully saturated rings. The number of hydrogen-bond donors (Lipinski definition) is 1. The van der Waals surface area contributed by atoms with Crippen LogP contribution in [0.15, 0.2) is 48.5 Å². The SMILES string of the molecule is COc1cccc(N(C)Cc2ccc(CN)cc2)c1. The standard InChI is InChI=1S/C16H20N2O/c1-18(15-4-3-5-16(10-15)19-2)12-14-8-6-13(11-17)7-9-14/h3-10H,11-12,17H2,1-2H3. The predicted octanol–water partition coefficient (Wildman–Crippen LogP) is 2.79. The Hall–Kier alpha value is -2.00. The summed E-state index contributed by atoms with van der Waals surface area (Å²) in [6.07, 6.45) is 0. The van der Waals surface area contributed by atoms with Crippen LogP contribution >= 0.6 is 0 Å². The van der Waals surface area contributed by atoms with Gasteiger partial charge in [-0.2, -0.15) is 0 Å². The molecule has 0 radical (unpaired) electrons. The van der Waals surface area contributed by atoms with Gasteiger partial charge in [-0.15, -0.1) is 0 Å². The third kappa shape index (κ3) is 3.48. The van der Waals surface area contributed by atoms with Crippen LogP contribution in [0.5, 0.6) is 5.75 Å². The van der Waals surface area contributed by atoms with E-state index in [4.69, 9.17) is 10.5 Å². The van der Waals surface area contributed by atoms with Gasteiger partial charge in [-0.1, -0.05) is 30.3 Å². The molecular formula is C16H20N2O. The van der Waals surface area contributed by atoms with E-state index in [0.717, 1.165) is 23.5 Å². The zero-order valence-corrected chi connectivity index (χ0v) is 11.5. The molecule has 2 aromatic rings. The summed E-state index contributed by atoms with van der Waals surface area (Å²) in [4.78, 5) is 2.19. The summed E-state index contributed by atoms with van der Waals surface area (Å²) >= 11 is 0. The first-order chi connectivity index (χ1) is 9.22. The molecular weight excluding hydrogens is 236 g/mol. The van der Waals surface area contributed by atoms with E-state index in [2.05, 4.69) is 42.3 Å². The van der Waals surface area contributed by atoms with E-state index in [1.54, 1.807) is 7.11 Å². The van der Waals surface area contributed by atoms with Crippen molar-refractivity contribution in [2.24, 2.45) is 5.73 Å². The fourth-order valence-electron chi connectivity index (χ4n) is 1.99. The Morgan fingerprint density at radius 1 is 1.05 bits per heavy atom. The average Bonchev–Trinajstić information content (AvgIpc) is 2.48. The van der Waals surface area contributed by atoms with E-state index in [-0.39, 0.29) is 0 Å². The Bertz CT molecular complexity index is 523. The monoisotopic (exact) mass is 256 g/mol. The number of nitrogens with two attached hydrogens (primary N) is 1. The lowest BCUT2D eigenvalue weighted by atomic mass is 10.1. The smallest absolute Gasteiger partial charge is 0.120 e. The lowest BCUT2D eigenvalue weighted by Crippen LogP contribution is -2.16. The van der Waals surface area contributed by atoms with Gasteiger partial charge in [0.25, 0.3) is 0 Å². The van der Waals surface area contributed by atoms with E-state index in [9.17, 15) is 0 Å². The van der Waals surface area contributed by atoms with Crippen LogP contribution in [-0.2, 0) is 13.1 Å². The van der Waals surface area contributed by atoms with Crippen molar-refractivity contribution < 1.29 is 4.74 Å². The summed E-state index contributed by atoms with van der Waals surface area (Å²) in [6.45, 7) is 1.45. The van der Waals surface area contributed by atoms with Gasteiger partial charge >= 0.3 is 0 Å². The van der Waals surface area contributed by atoms with Crippen molar-refractivity contribution in [3.05, 3.63) is 59.7 Å². The number of anilines is 1. The Morgan fingerprint density at radius 3 is 2.37 bits per heavy atom. The highest BCUT2D eigenvalue weighted by Crippen LogP contribution is 2.21. The van der Waals surface area contributed by atoms with Gasteiger partial charge in [-0.25, -0.2) is 0 Å². The number of nitrogens with zero attached hydrogens (tertiary/aromatic N) is 1. The fraction of sp³-hybridized carbons (Fsp3) is 0.250. The zero-order valence-electron chi connectivity index (χ0n) is 11.5. The molecule has 100 valence electrons. The van der Waals surface area contributed by atoms with Crippen molar-refractivity contribution in [3.8, 4) is 5.75 Å². The molecule has 0 amide bonds. The lowest BCUT2D eigenvalue weighted by Gasteiger charge is -2.20. The number of rotatable bonds is 5. The number of ether oxygens (including phenoxy) is 1. The first-order valence-electron chi connectivity index (χ1n) is 6.36. The summed E-state index contributed by atoms with van der Waals surface area (Å²) in [5.41, 5.74) is 9.17. The normalized spacial score (nSPS) is 10.3. The van der Waals surface area contributed by atoms with Crippen molar-refractivity contribution in [1.82, 2.24) is 0 Å². The van der Waals surface area contributed by atoms with Crippen molar-refractivity contribution in [2.75, 3.05) is 19.1 Å². The van der Waals surface area contributed by atoms with Gasteiger partial charge in [-0.05, 0) is 23.3 Å². The second-order valence-electron chi connectivity index (χ2n) is 4.58. The van der Waals surface area contributed by atoms with Crippen molar-refractivity contribution in [2.45, 2.75) is 13.1 Å². The second kappa shape index (κ2) is 6.25. The number of benzene rings is 2. The molecule has 0 aliphatic rings. The van der Waals surface area contributed by atoms with E-state index >= 15 is 0 Å². The highest BCUT2D eigenvalue weighted by atomic mass is 16.5. The second-order valence-corrected chi connectivity index (χ2v) is 4.58. The topological polar surface area (TPSA) is 38.5 Å². The zero-order chi connectivity index (χ0) is 13.7. The first kappa shape index (κ1) is 13.4. The fourth-order valence-corrected chi connectivity index (χ4v) is 1.99. The summed E-state index contributed by atoms with van der Waals surface area (Å²) in [7, 11) is 3.76. The molecule has 2 N–H and O–H groups in total. The maximum Gasteiger partial charge on any atom is 0.120 e. The van der Waals surface area contributed by atoms with Gasteiger partial charge in [-0.3, -0.25) is 0 Å². The first-order valence-corrected chi connectivity index (χ1v) is 6.36. The maximum atomic E-state index is 5.60. The molecule has 0 aliphatic heterocycles. The van der Waals surface area contributed by atoms with Crippen LogP contribution in [0.25, 0.3) is 0 Å². The molecule has 2 rings (SSSR count). The highest BCUT2D eigenvalue weighted by Gasteiger charge is 2.03. The van der Waals surface area contributed by atoms with Crippen LogP contribution in [0.3, 0.4) is 0 Å². The van der Waals surface area contributed by atoms with Crippen LogP contribution in [0.1, 0.15) is 11.1 Å². The van der Waals surface area contributed by atoms with Crippen LogP contribution in [0, 0.1) is 0 Å². The van der Waals surface area contributed by atoms with Crippen molar-refractivity contribution >= 4 is 5.69 Å². The predicted molar refractivity (Wildman–Crippen MR) is 79.4 cm³/mol. The largest absolute Gasteiger partial charge is 0.497 e.